The van der Waals surface area contributed by atoms with Gasteiger partial charge in [-0.05, 0) is 0 Å². The lowest BCUT2D eigenvalue weighted by molar-refractivity contribution is -0.248. The number of thiol groups is 1. The summed E-state index contributed by atoms with van der Waals surface area (Å²) in [7, 11) is 0. The molecule has 6 heteroatoms. The van der Waals surface area contributed by atoms with Gasteiger partial charge in [0.2, 0.25) is 0 Å². The average Bonchev–Trinajstić information content (AvgIpc) is 2.08. The van der Waals surface area contributed by atoms with Gasteiger partial charge in [-0.1, -0.05) is 0 Å². The highest BCUT2D eigenvalue weighted by Gasteiger charge is 2.41. The van der Waals surface area contributed by atoms with Crippen molar-refractivity contribution in [2.75, 3.05) is 6.61 Å². The molecule has 5 atom stereocenters. The molecule has 0 saturated carbocycles. The Bertz CT molecular complexity index is 150. The van der Waals surface area contributed by atoms with E-state index in [0.29, 0.717) is 0 Å². The molecular formula is C6H12O5S. The van der Waals surface area contributed by atoms with Gasteiger partial charge in [0.1, 0.15) is 6.10 Å². The molecule has 0 spiro atoms. The Kier molecular flexibility index (Phi) is 3.33. The summed E-state index contributed by atoms with van der Waals surface area (Å²) < 4.78 is 4.75. The van der Waals surface area contributed by atoms with Crippen molar-refractivity contribution in [2.24, 2.45) is 0 Å². The second-order valence-corrected chi connectivity index (χ2v) is 3.32. The molecule has 0 aliphatic carbocycles. The SMILES string of the molecule is OC[C@H]1O[C@H](O)[C@H](O)[C@@H](O)[C@H]1S. The van der Waals surface area contributed by atoms with Crippen molar-refractivity contribution in [1.29, 1.82) is 0 Å². The predicted molar refractivity (Wildman–Crippen MR) is 42.8 cm³/mol. The number of hydrogen-bond donors (Lipinski definition) is 5. The number of ether oxygens (including phenoxy) is 1. The molecule has 0 unspecified atom stereocenters. The summed E-state index contributed by atoms with van der Waals surface area (Å²) >= 11 is 3.93. The molecule has 12 heavy (non-hydrogen) atoms. The topological polar surface area (TPSA) is 90.2 Å². The minimum absolute atomic E-state index is 0.352. The second-order valence-electron chi connectivity index (χ2n) is 2.72. The van der Waals surface area contributed by atoms with Gasteiger partial charge in [-0.3, -0.25) is 0 Å². The summed E-state index contributed by atoms with van der Waals surface area (Å²) in [5, 5.41) is 35.3. The molecular weight excluding hydrogens is 184 g/mol. The molecule has 0 amide bonds. The Morgan fingerprint density at radius 1 is 1.17 bits per heavy atom. The number of aliphatic hydroxyl groups is 4. The van der Waals surface area contributed by atoms with Crippen LogP contribution in [0.5, 0.6) is 0 Å². The lowest BCUT2D eigenvalue weighted by Gasteiger charge is -2.37. The van der Waals surface area contributed by atoms with Crippen LogP contribution in [0.1, 0.15) is 0 Å². The first-order valence-corrected chi connectivity index (χ1v) is 4.08. The molecule has 0 bridgehead atoms. The van der Waals surface area contributed by atoms with Crippen molar-refractivity contribution in [3.05, 3.63) is 0 Å². The van der Waals surface area contributed by atoms with Crippen LogP contribution in [0.4, 0.5) is 0 Å². The smallest absolute Gasteiger partial charge is 0.183 e. The van der Waals surface area contributed by atoms with Gasteiger partial charge in [-0.2, -0.15) is 12.6 Å². The Balaban J connectivity index is 2.63. The Morgan fingerprint density at radius 2 is 1.75 bits per heavy atom. The van der Waals surface area contributed by atoms with E-state index in [4.69, 9.17) is 20.1 Å². The second kappa shape index (κ2) is 3.91. The number of hydrogen-bond acceptors (Lipinski definition) is 6. The van der Waals surface area contributed by atoms with Crippen LogP contribution < -0.4 is 0 Å². The fourth-order valence-electron chi connectivity index (χ4n) is 1.08. The van der Waals surface area contributed by atoms with E-state index < -0.39 is 29.9 Å². The Labute approximate surface area is 75.0 Å². The van der Waals surface area contributed by atoms with E-state index >= 15 is 0 Å². The van der Waals surface area contributed by atoms with Gasteiger partial charge in [0.25, 0.3) is 0 Å². The summed E-state index contributed by atoms with van der Waals surface area (Å²) in [6.45, 7) is -0.352. The van der Waals surface area contributed by atoms with Crippen molar-refractivity contribution < 1.29 is 25.2 Å². The summed E-state index contributed by atoms with van der Waals surface area (Å²) in [6.07, 6.45) is -4.76. The molecule has 0 aromatic heterocycles. The molecule has 0 radical (unpaired) electrons. The highest BCUT2D eigenvalue weighted by atomic mass is 32.1. The maximum atomic E-state index is 9.24. The van der Waals surface area contributed by atoms with E-state index in [-0.39, 0.29) is 6.61 Å². The van der Waals surface area contributed by atoms with E-state index in [2.05, 4.69) is 12.6 Å². The summed E-state index contributed by atoms with van der Waals surface area (Å²) in [6, 6.07) is 0. The van der Waals surface area contributed by atoms with Gasteiger partial charge in [-0.25, -0.2) is 0 Å². The Hall–Kier alpha value is 0.150. The van der Waals surface area contributed by atoms with Crippen molar-refractivity contribution in [3.63, 3.8) is 0 Å². The molecule has 5 nitrogen and oxygen atoms in total. The molecule has 1 aliphatic heterocycles. The zero-order valence-electron chi connectivity index (χ0n) is 6.24. The van der Waals surface area contributed by atoms with Crippen LogP contribution in [-0.4, -0.2) is 56.9 Å². The molecule has 4 N–H and O–H groups in total. The van der Waals surface area contributed by atoms with Crippen LogP contribution in [0.15, 0.2) is 0 Å². The standard InChI is InChI=1S/C6H12O5S/c7-1-2-5(12)3(8)4(9)6(10)11-2/h2-10,12H,1H2/t2-,3-,4-,5+,6+/m1/s1. The minimum atomic E-state index is -1.46. The van der Waals surface area contributed by atoms with Gasteiger partial charge in [0, 0.05) is 0 Å². The third-order valence-corrected chi connectivity index (χ3v) is 2.51. The van der Waals surface area contributed by atoms with Gasteiger partial charge in [0.05, 0.1) is 24.1 Å². The van der Waals surface area contributed by atoms with E-state index in [1.165, 1.54) is 0 Å². The van der Waals surface area contributed by atoms with Gasteiger partial charge < -0.3 is 25.2 Å². The van der Waals surface area contributed by atoms with Crippen LogP contribution in [0.25, 0.3) is 0 Å². The van der Waals surface area contributed by atoms with Crippen molar-refractivity contribution in [3.8, 4) is 0 Å². The lowest BCUT2D eigenvalue weighted by atomic mass is 10.0. The van der Waals surface area contributed by atoms with Crippen molar-refractivity contribution in [2.45, 2.75) is 29.9 Å². The normalized spacial score (nSPS) is 49.2. The maximum Gasteiger partial charge on any atom is 0.183 e. The van der Waals surface area contributed by atoms with E-state index in [1.807, 2.05) is 0 Å². The van der Waals surface area contributed by atoms with E-state index in [9.17, 15) is 5.11 Å². The average molecular weight is 196 g/mol. The van der Waals surface area contributed by atoms with E-state index in [1.54, 1.807) is 0 Å². The number of aliphatic hydroxyl groups excluding tert-OH is 4. The monoisotopic (exact) mass is 196 g/mol. The third kappa shape index (κ3) is 1.73. The fourth-order valence-corrected chi connectivity index (χ4v) is 1.42. The first-order chi connectivity index (χ1) is 5.57. The zero-order chi connectivity index (χ0) is 9.30. The molecule has 1 heterocycles. The van der Waals surface area contributed by atoms with Crippen molar-refractivity contribution >= 4 is 12.6 Å². The highest BCUT2D eigenvalue weighted by Crippen LogP contribution is 2.23. The molecule has 1 aliphatic rings. The number of rotatable bonds is 1. The minimum Gasteiger partial charge on any atom is -0.394 e. The van der Waals surface area contributed by atoms with Crippen LogP contribution in [0.2, 0.25) is 0 Å². The van der Waals surface area contributed by atoms with Gasteiger partial charge in [-0.15, -0.1) is 0 Å². The first kappa shape index (κ1) is 10.2. The zero-order valence-corrected chi connectivity index (χ0v) is 7.13. The third-order valence-electron chi connectivity index (χ3n) is 1.87. The molecule has 0 aromatic rings. The summed E-state index contributed by atoms with van der Waals surface area (Å²) in [5.41, 5.74) is 0. The Morgan fingerprint density at radius 3 is 2.25 bits per heavy atom. The van der Waals surface area contributed by atoms with E-state index in [0.717, 1.165) is 0 Å². The quantitative estimate of drug-likeness (QED) is 0.305. The lowest BCUT2D eigenvalue weighted by Crippen LogP contribution is -2.56. The van der Waals surface area contributed by atoms with Gasteiger partial charge >= 0.3 is 0 Å². The summed E-state index contributed by atoms with van der Waals surface area (Å²) in [4.78, 5) is 0. The van der Waals surface area contributed by atoms with Crippen LogP contribution in [-0.2, 0) is 4.74 Å². The van der Waals surface area contributed by atoms with Crippen LogP contribution in [0, 0.1) is 0 Å². The molecule has 0 aromatic carbocycles. The molecule has 1 rings (SSSR count). The molecule has 72 valence electrons. The molecule has 1 saturated heterocycles. The van der Waals surface area contributed by atoms with Crippen LogP contribution >= 0.6 is 12.6 Å². The predicted octanol–water partition coefficient (Wildman–Crippen LogP) is -2.28. The highest BCUT2D eigenvalue weighted by molar-refractivity contribution is 7.81. The first-order valence-electron chi connectivity index (χ1n) is 3.56. The van der Waals surface area contributed by atoms with Crippen molar-refractivity contribution in [1.82, 2.24) is 0 Å². The van der Waals surface area contributed by atoms with Gasteiger partial charge in [0.15, 0.2) is 6.29 Å². The van der Waals surface area contributed by atoms with Crippen LogP contribution in [0.3, 0.4) is 0 Å². The maximum absolute atomic E-state index is 9.24. The summed E-state index contributed by atoms with van der Waals surface area (Å²) in [5.74, 6) is 0. The fraction of sp³-hybridized carbons (Fsp3) is 1.00. The largest absolute Gasteiger partial charge is 0.394 e. The molecule has 1 fully saturated rings.